The minimum atomic E-state index is -0.507. The Hall–Kier alpha value is -5.77. The summed E-state index contributed by atoms with van der Waals surface area (Å²) in [6, 6.07) is 19.5. The lowest BCUT2D eigenvalue weighted by Gasteiger charge is -2.26. The number of H-pyrrole nitrogens is 1. The van der Waals surface area contributed by atoms with Crippen LogP contribution in [0, 0.1) is 11.8 Å². The third-order valence-corrected chi connectivity index (χ3v) is 9.13. The number of aromatic amines is 1. The van der Waals surface area contributed by atoms with Gasteiger partial charge < -0.3 is 25.5 Å². The van der Waals surface area contributed by atoms with Crippen LogP contribution in [0.4, 0.5) is 5.82 Å². The number of carbonyl (C=O) groups excluding carboxylic acids is 1. The van der Waals surface area contributed by atoms with Crippen molar-refractivity contribution >= 4 is 45.3 Å². The number of aromatic hydroxyl groups is 1. The van der Waals surface area contributed by atoms with Crippen LogP contribution in [-0.4, -0.2) is 71.9 Å². The van der Waals surface area contributed by atoms with E-state index in [1.165, 1.54) is 6.33 Å². The molecule has 1 amide bonds. The Balaban J connectivity index is 1.19. The third kappa shape index (κ3) is 7.40. The quantitative estimate of drug-likeness (QED) is 0.134. The largest absolute Gasteiger partial charge is 0.508 e. The number of hydrogen-bond donors (Lipinski definition) is 3. The molecule has 1 atom stereocenters. The van der Waals surface area contributed by atoms with Gasteiger partial charge in [0.2, 0.25) is 5.91 Å². The van der Waals surface area contributed by atoms with Crippen LogP contribution in [-0.2, 0) is 16.1 Å². The van der Waals surface area contributed by atoms with E-state index in [0.29, 0.717) is 88.7 Å². The average Bonchev–Trinajstić information content (AvgIpc) is 3.51. The Morgan fingerprint density at radius 3 is 2.69 bits per heavy atom. The number of phenols is 1. The van der Waals surface area contributed by atoms with Gasteiger partial charge in [-0.25, -0.2) is 19.6 Å². The number of fused-ring (bicyclic) bond motifs is 2. The fourth-order valence-electron chi connectivity index (χ4n) is 6.35. The van der Waals surface area contributed by atoms with Crippen LogP contribution in [0.1, 0.15) is 48.6 Å². The van der Waals surface area contributed by atoms with Crippen LogP contribution in [0.15, 0.2) is 77.9 Å². The molecule has 4 heterocycles. The summed E-state index contributed by atoms with van der Waals surface area (Å²) >= 11 is 6.46. The van der Waals surface area contributed by atoms with Crippen molar-refractivity contribution < 1.29 is 14.6 Å². The SMILES string of the molecule is Nc1ncnc2c1c(-c1cccc(O)c1)nn2CC(c1cccc(Cl)c1)c1nc2cccc(C#CCCCCC(=O)N3CCOCC3)c2c(=O)[nH]1. The minimum Gasteiger partial charge on any atom is -0.508 e. The number of hydrogen-bond acceptors (Lipinski definition) is 9. The molecular weight excluding hydrogens is 668 g/mol. The van der Waals surface area contributed by atoms with E-state index in [4.69, 9.17) is 32.2 Å². The van der Waals surface area contributed by atoms with Gasteiger partial charge in [0.25, 0.3) is 5.56 Å². The summed E-state index contributed by atoms with van der Waals surface area (Å²) in [5.41, 5.74) is 9.55. The second-order valence-corrected chi connectivity index (χ2v) is 12.7. The van der Waals surface area contributed by atoms with Crippen molar-refractivity contribution in [1.82, 2.24) is 34.6 Å². The standard InChI is InChI=1S/C38H35ClN8O4/c39-27-12-5-10-25(20-27)29(22-47-37-33(35(40)41-23-42-37)34(45-47)26-11-6-13-28(48)21-26)36-43-30-14-7-9-24(32(30)38(50)44-36)8-3-1-2-4-15-31(49)46-16-18-51-19-17-46/h5-7,9-14,20-21,23,29,48H,1-2,4,15-19,22H2,(H2,40,41,42)(H,43,44,50). The summed E-state index contributed by atoms with van der Waals surface area (Å²) in [5.74, 6) is 6.72. The lowest BCUT2D eigenvalue weighted by Crippen LogP contribution is -2.40. The number of nitrogens with two attached hydrogens (primary N) is 1. The van der Waals surface area contributed by atoms with Crippen LogP contribution in [0.5, 0.6) is 5.75 Å². The van der Waals surface area contributed by atoms with E-state index >= 15 is 0 Å². The number of halogens is 1. The number of nitrogen functional groups attached to an aromatic ring is 1. The molecule has 0 saturated carbocycles. The first kappa shape index (κ1) is 33.7. The van der Waals surface area contributed by atoms with Gasteiger partial charge in [-0.05, 0) is 54.8 Å². The van der Waals surface area contributed by atoms with Crippen LogP contribution in [0.3, 0.4) is 0 Å². The van der Waals surface area contributed by atoms with Crippen molar-refractivity contribution in [3.8, 4) is 28.8 Å². The molecule has 258 valence electrons. The summed E-state index contributed by atoms with van der Waals surface area (Å²) in [6.45, 7) is 2.69. The number of phenolic OH excluding ortho intramolecular Hbond substituents is 1. The van der Waals surface area contributed by atoms with E-state index in [0.717, 1.165) is 18.4 Å². The maximum atomic E-state index is 13.8. The van der Waals surface area contributed by atoms with Gasteiger partial charge in [0, 0.05) is 42.1 Å². The highest BCUT2D eigenvalue weighted by atomic mass is 35.5. The molecule has 0 bridgehead atoms. The third-order valence-electron chi connectivity index (χ3n) is 8.90. The van der Waals surface area contributed by atoms with E-state index < -0.39 is 5.92 Å². The number of aromatic nitrogens is 6. The molecule has 1 unspecified atom stereocenters. The van der Waals surface area contributed by atoms with Gasteiger partial charge in [-0.3, -0.25) is 9.59 Å². The van der Waals surface area contributed by atoms with Crippen molar-refractivity contribution in [3.63, 3.8) is 0 Å². The number of nitrogens with one attached hydrogen (secondary N) is 1. The Kier molecular flexibility index (Phi) is 9.92. The number of carbonyl (C=O) groups is 1. The second-order valence-electron chi connectivity index (χ2n) is 12.3. The lowest BCUT2D eigenvalue weighted by atomic mass is 9.97. The minimum absolute atomic E-state index is 0.0837. The summed E-state index contributed by atoms with van der Waals surface area (Å²) in [6.07, 6.45) is 3.99. The van der Waals surface area contributed by atoms with Crippen molar-refractivity contribution in [3.05, 3.63) is 105 Å². The maximum Gasteiger partial charge on any atom is 0.260 e. The average molecular weight is 703 g/mol. The molecule has 1 aliphatic rings. The lowest BCUT2D eigenvalue weighted by molar-refractivity contribution is -0.135. The molecule has 3 aromatic heterocycles. The van der Waals surface area contributed by atoms with Gasteiger partial charge >= 0.3 is 0 Å². The van der Waals surface area contributed by atoms with Crippen molar-refractivity contribution in [1.29, 1.82) is 0 Å². The predicted octanol–water partition coefficient (Wildman–Crippen LogP) is 5.27. The number of morpholine rings is 1. The zero-order valence-electron chi connectivity index (χ0n) is 27.7. The zero-order chi connectivity index (χ0) is 35.3. The molecule has 51 heavy (non-hydrogen) atoms. The molecule has 3 aromatic carbocycles. The number of rotatable bonds is 9. The molecule has 1 fully saturated rings. The van der Waals surface area contributed by atoms with E-state index in [9.17, 15) is 14.7 Å². The van der Waals surface area contributed by atoms with Crippen molar-refractivity contribution in [2.24, 2.45) is 0 Å². The molecule has 0 aliphatic carbocycles. The number of ether oxygens (including phenoxy) is 1. The topological polar surface area (TPSA) is 165 Å². The van der Waals surface area contributed by atoms with Crippen LogP contribution >= 0.6 is 11.6 Å². The number of amides is 1. The van der Waals surface area contributed by atoms with Gasteiger partial charge in [-0.2, -0.15) is 5.10 Å². The summed E-state index contributed by atoms with van der Waals surface area (Å²) in [5, 5.41) is 16.5. The number of nitrogens with zero attached hydrogens (tertiary/aromatic N) is 6. The van der Waals surface area contributed by atoms with Gasteiger partial charge in [0.15, 0.2) is 5.65 Å². The first-order valence-corrected chi connectivity index (χ1v) is 17.1. The van der Waals surface area contributed by atoms with Crippen molar-refractivity contribution in [2.75, 3.05) is 32.0 Å². The highest BCUT2D eigenvalue weighted by molar-refractivity contribution is 6.30. The molecule has 0 radical (unpaired) electrons. The van der Waals surface area contributed by atoms with Gasteiger partial charge in [0.05, 0.1) is 42.0 Å². The van der Waals surface area contributed by atoms with E-state index in [2.05, 4.69) is 26.8 Å². The van der Waals surface area contributed by atoms with E-state index in [1.807, 2.05) is 41.3 Å². The normalized spacial score (nSPS) is 13.6. The smallest absolute Gasteiger partial charge is 0.260 e. The summed E-state index contributed by atoms with van der Waals surface area (Å²) in [7, 11) is 0. The fourth-order valence-corrected chi connectivity index (χ4v) is 6.55. The Bertz CT molecular complexity index is 2360. The highest BCUT2D eigenvalue weighted by Crippen LogP contribution is 2.34. The molecular formula is C38H35ClN8O4. The molecule has 13 heteroatoms. The second kappa shape index (κ2) is 15.0. The Labute approximate surface area is 298 Å². The van der Waals surface area contributed by atoms with Gasteiger partial charge in [-0.1, -0.05) is 53.8 Å². The fraction of sp³-hybridized carbons (Fsp3) is 0.263. The summed E-state index contributed by atoms with van der Waals surface area (Å²) < 4.78 is 7.03. The molecule has 0 spiro atoms. The van der Waals surface area contributed by atoms with Crippen LogP contribution in [0.2, 0.25) is 5.02 Å². The van der Waals surface area contributed by atoms with Crippen LogP contribution in [0.25, 0.3) is 33.2 Å². The number of benzene rings is 3. The van der Waals surface area contributed by atoms with E-state index in [1.54, 1.807) is 35.0 Å². The summed E-state index contributed by atoms with van der Waals surface area (Å²) in [4.78, 5) is 44.7. The monoisotopic (exact) mass is 702 g/mol. The molecule has 6 aromatic rings. The molecule has 1 aliphatic heterocycles. The first-order valence-electron chi connectivity index (χ1n) is 16.7. The first-order chi connectivity index (χ1) is 24.9. The van der Waals surface area contributed by atoms with E-state index in [-0.39, 0.29) is 29.6 Å². The highest BCUT2D eigenvalue weighted by Gasteiger charge is 2.25. The van der Waals surface area contributed by atoms with Gasteiger partial charge in [0.1, 0.15) is 29.4 Å². The van der Waals surface area contributed by atoms with Crippen molar-refractivity contribution in [2.45, 2.75) is 38.1 Å². The molecule has 12 nitrogen and oxygen atoms in total. The number of anilines is 1. The van der Waals surface area contributed by atoms with Crippen LogP contribution < -0.4 is 11.3 Å². The Morgan fingerprint density at radius 2 is 1.86 bits per heavy atom. The predicted molar refractivity (Wildman–Crippen MR) is 195 cm³/mol. The molecule has 4 N–H and O–H groups in total. The van der Waals surface area contributed by atoms with Gasteiger partial charge in [-0.15, -0.1) is 0 Å². The maximum absolute atomic E-state index is 13.8. The number of unbranched alkanes of at least 4 members (excludes halogenated alkanes) is 2. The molecule has 1 saturated heterocycles. The Morgan fingerprint density at radius 1 is 1.04 bits per heavy atom. The molecule has 7 rings (SSSR count). The zero-order valence-corrected chi connectivity index (χ0v) is 28.4.